The number of hydrogen-bond acceptors (Lipinski definition) is 4. The summed E-state index contributed by atoms with van der Waals surface area (Å²) in [7, 11) is 0. The second-order valence-corrected chi connectivity index (χ2v) is 6.19. The van der Waals surface area contributed by atoms with Gasteiger partial charge in [0.1, 0.15) is 12.4 Å². The predicted molar refractivity (Wildman–Crippen MR) is 98.5 cm³/mol. The first-order chi connectivity index (χ1) is 12.7. The van der Waals surface area contributed by atoms with Gasteiger partial charge in [-0.3, -0.25) is 14.6 Å². The van der Waals surface area contributed by atoms with Gasteiger partial charge in [-0.15, -0.1) is 0 Å². The van der Waals surface area contributed by atoms with Crippen LogP contribution in [0.4, 0.5) is 5.69 Å². The molecule has 2 aromatic rings. The molecule has 2 amide bonds. The van der Waals surface area contributed by atoms with Crippen molar-refractivity contribution in [2.45, 2.75) is 19.4 Å². The lowest BCUT2D eigenvalue weighted by Crippen LogP contribution is -2.23. The minimum Gasteiger partial charge on any atom is -0.489 e. The fourth-order valence-corrected chi connectivity index (χ4v) is 2.27. The van der Waals surface area contributed by atoms with Gasteiger partial charge in [0.05, 0.1) is 0 Å². The number of anilines is 1. The highest BCUT2D eigenvalue weighted by Gasteiger charge is 2.21. The van der Waals surface area contributed by atoms with Gasteiger partial charge in [0.25, 0.3) is 0 Å². The lowest BCUT2D eigenvalue weighted by molar-refractivity contribution is -0.117. The molecule has 1 aliphatic rings. The third kappa shape index (κ3) is 6.05. The molecule has 1 saturated carbocycles. The highest BCUT2D eigenvalue weighted by molar-refractivity contribution is 6.03. The smallest absolute Gasteiger partial charge is 0.248 e. The van der Waals surface area contributed by atoms with E-state index in [0.717, 1.165) is 5.56 Å². The van der Waals surface area contributed by atoms with Crippen LogP contribution in [0.2, 0.25) is 0 Å². The average molecular weight is 351 g/mol. The Hall–Kier alpha value is -3.15. The van der Waals surface area contributed by atoms with Crippen LogP contribution in [0.1, 0.15) is 18.4 Å². The van der Waals surface area contributed by atoms with Crippen molar-refractivity contribution in [1.82, 2.24) is 10.3 Å². The van der Waals surface area contributed by atoms with E-state index in [9.17, 15) is 9.59 Å². The zero-order chi connectivity index (χ0) is 18.2. The van der Waals surface area contributed by atoms with Gasteiger partial charge < -0.3 is 15.4 Å². The Bertz CT molecular complexity index is 786. The van der Waals surface area contributed by atoms with Crippen molar-refractivity contribution in [2.24, 2.45) is 5.92 Å². The molecule has 0 spiro atoms. The van der Waals surface area contributed by atoms with E-state index in [1.54, 1.807) is 30.6 Å². The maximum absolute atomic E-state index is 11.9. The van der Waals surface area contributed by atoms with Crippen molar-refractivity contribution >= 4 is 17.5 Å². The maximum atomic E-state index is 11.9. The van der Waals surface area contributed by atoms with Crippen molar-refractivity contribution in [3.05, 3.63) is 66.5 Å². The predicted octanol–water partition coefficient (Wildman–Crippen LogP) is 2.68. The van der Waals surface area contributed by atoms with Crippen LogP contribution in [-0.4, -0.2) is 23.3 Å². The Morgan fingerprint density at radius 3 is 2.77 bits per heavy atom. The van der Waals surface area contributed by atoms with Crippen molar-refractivity contribution in [2.75, 3.05) is 11.9 Å². The van der Waals surface area contributed by atoms with Gasteiger partial charge in [0, 0.05) is 48.4 Å². The molecule has 1 heterocycles. The Morgan fingerprint density at radius 2 is 2.00 bits per heavy atom. The molecule has 6 nitrogen and oxygen atoms in total. The van der Waals surface area contributed by atoms with Gasteiger partial charge in [-0.1, -0.05) is 12.1 Å². The summed E-state index contributed by atoms with van der Waals surface area (Å²) < 4.78 is 5.70. The van der Waals surface area contributed by atoms with E-state index in [0.29, 0.717) is 30.5 Å². The minimum atomic E-state index is -0.365. The molecule has 0 radical (unpaired) electrons. The summed E-state index contributed by atoms with van der Waals surface area (Å²) in [6.07, 6.45) is 8.27. The first kappa shape index (κ1) is 17.7. The molecule has 1 aliphatic carbocycles. The summed E-state index contributed by atoms with van der Waals surface area (Å²) in [4.78, 5) is 27.6. The van der Waals surface area contributed by atoms with Crippen molar-refractivity contribution < 1.29 is 14.3 Å². The average Bonchev–Trinajstić information content (AvgIpc) is 3.49. The minimum absolute atomic E-state index is 0.249. The second kappa shape index (κ2) is 8.80. The number of rotatable bonds is 8. The molecule has 3 rings (SSSR count). The molecular weight excluding hydrogens is 330 g/mol. The summed E-state index contributed by atoms with van der Waals surface area (Å²) in [5, 5.41) is 5.49. The van der Waals surface area contributed by atoms with E-state index in [1.165, 1.54) is 25.0 Å². The van der Waals surface area contributed by atoms with E-state index in [2.05, 4.69) is 15.6 Å². The molecular formula is C20H21N3O3. The Morgan fingerprint density at radius 1 is 1.15 bits per heavy atom. The molecule has 0 saturated heterocycles. The van der Waals surface area contributed by atoms with Crippen LogP contribution in [0.3, 0.4) is 0 Å². The number of carbonyl (C=O) groups excluding carboxylic acids is 2. The number of pyridine rings is 1. The molecule has 1 fully saturated rings. The summed E-state index contributed by atoms with van der Waals surface area (Å²) in [5.74, 6) is 0.630. The molecule has 0 aliphatic heterocycles. The quantitative estimate of drug-likeness (QED) is 0.717. The molecule has 26 heavy (non-hydrogen) atoms. The fraction of sp³-hybridized carbons (Fsp3) is 0.250. The van der Waals surface area contributed by atoms with Crippen molar-refractivity contribution in [1.29, 1.82) is 0 Å². The number of aromatic nitrogens is 1. The summed E-state index contributed by atoms with van der Waals surface area (Å²) >= 11 is 0. The van der Waals surface area contributed by atoms with Gasteiger partial charge in [-0.2, -0.15) is 0 Å². The number of carbonyl (C=O) groups is 2. The van der Waals surface area contributed by atoms with Gasteiger partial charge in [0.15, 0.2) is 0 Å². The van der Waals surface area contributed by atoms with Crippen LogP contribution in [-0.2, 0) is 16.2 Å². The van der Waals surface area contributed by atoms with E-state index < -0.39 is 0 Å². The summed E-state index contributed by atoms with van der Waals surface area (Å²) in [5.41, 5.74) is 1.56. The molecule has 134 valence electrons. The zero-order valence-electron chi connectivity index (χ0n) is 14.4. The van der Waals surface area contributed by atoms with Crippen LogP contribution in [0.25, 0.3) is 0 Å². The first-order valence-corrected chi connectivity index (χ1v) is 8.58. The van der Waals surface area contributed by atoms with Gasteiger partial charge in [-0.25, -0.2) is 0 Å². The zero-order valence-corrected chi connectivity index (χ0v) is 14.4. The normalized spacial score (nSPS) is 13.4. The highest BCUT2D eigenvalue weighted by atomic mass is 16.5. The third-order valence-corrected chi connectivity index (χ3v) is 3.88. The standard InChI is InChI=1S/C20H21N3O3/c24-19(22-13-15-6-7-15)8-9-20(25)23-17-4-1-5-18(11-17)26-14-16-3-2-10-21-12-16/h1-5,8-12,15H,6-7,13-14H2,(H,22,24)(H,23,25)/b9-8+. The van der Waals surface area contributed by atoms with Gasteiger partial charge >= 0.3 is 0 Å². The first-order valence-electron chi connectivity index (χ1n) is 8.58. The van der Waals surface area contributed by atoms with E-state index in [4.69, 9.17) is 4.74 Å². The molecule has 1 aromatic heterocycles. The fourth-order valence-electron chi connectivity index (χ4n) is 2.27. The number of nitrogens with one attached hydrogen (secondary N) is 2. The molecule has 6 heteroatoms. The molecule has 2 N–H and O–H groups in total. The van der Waals surface area contributed by atoms with Crippen LogP contribution < -0.4 is 15.4 Å². The van der Waals surface area contributed by atoms with Gasteiger partial charge in [-0.05, 0) is 37.0 Å². The summed E-state index contributed by atoms with van der Waals surface area (Å²) in [6, 6.07) is 10.9. The Balaban J connectivity index is 1.47. The Labute approximate surface area is 152 Å². The Kier molecular flexibility index (Phi) is 5.98. The number of ether oxygens (including phenoxy) is 1. The van der Waals surface area contributed by atoms with Crippen LogP contribution in [0, 0.1) is 5.92 Å². The van der Waals surface area contributed by atoms with E-state index in [1.807, 2.05) is 18.2 Å². The lowest BCUT2D eigenvalue weighted by atomic mass is 10.3. The summed E-state index contributed by atoms with van der Waals surface area (Å²) in [6.45, 7) is 1.08. The monoisotopic (exact) mass is 351 g/mol. The molecule has 0 unspecified atom stereocenters. The largest absolute Gasteiger partial charge is 0.489 e. The SMILES string of the molecule is O=C(/C=C/C(=O)Nc1cccc(OCc2cccnc2)c1)NCC1CC1. The third-order valence-electron chi connectivity index (χ3n) is 3.88. The highest BCUT2D eigenvalue weighted by Crippen LogP contribution is 2.27. The number of hydrogen-bond donors (Lipinski definition) is 2. The van der Waals surface area contributed by atoms with Crippen LogP contribution in [0.5, 0.6) is 5.75 Å². The topological polar surface area (TPSA) is 80.3 Å². The second-order valence-electron chi connectivity index (χ2n) is 6.19. The van der Waals surface area contributed by atoms with E-state index >= 15 is 0 Å². The molecule has 0 atom stereocenters. The van der Waals surface area contributed by atoms with Gasteiger partial charge in [0.2, 0.25) is 11.8 Å². The van der Waals surface area contributed by atoms with Crippen molar-refractivity contribution in [3.63, 3.8) is 0 Å². The van der Waals surface area contributed by atoms with Crippen LogP contribution in [0.15, 0.2) is 60.9 Å². The number of nitrogens with zero attached hydrogens (tertiary/aromatic N) is 1. The maximum Gasteiger partial charge on any atom is 0.248 e. The van der Waals surface area contributed by atoms with Crippen LogP contribution >= 0.6 is 0 Å². The molecule has 1 aromatic carbocycles. The number of amides is 2. The molecule has 0 bridgehead atoms. The van der Waals surface area contributed by atoms with E-state index in [-0.39, 0.29) is 11.8 Å². The van der Waals surface area contributed by atoms with Crippen molar-refractivity contribution in [3.8, 4) is 5.75 Å². The lowest BCUT2D eigenvalue weighted by Gasteiger charge is -2.08. The number of benzene rings is 1.